The van der Waals surface area contributed by atoms with Gasteiger partial charge in [-0.2, -0.15) is 0 Å². The van der Waals surface area contributed by atoms with Crippen LogP contribution in [-0.4, -0.2) is 0 Å². The van der Waals surface area contributed by atoms with Crippen LogP contribution in [0.2, 0.25) is 0 Å². The van der Waals surface area contributed by atoms with Gasteiger partial charge in [0.15, 0.2) is 0 Å². The third-order valence-electron chi connectivity index (χ3n) is 2.83. The van der Waals surface area contributed by atoms with Crippen molar-refractivity contribution in [1.82, 2.24) is 0 Å². The second-order valence-electron chi connectivity index (χ2n) is 4.09. The van der Waals surface area contributed by atoms with E-state index >= 15 is 0 Å². The third-order valence-corrected chi connectivity index (χ3v) is 2.83. The average molecular weight is 269 g/mol. The molecule has 0 radical (unpaired) electrons. The molecule has 0 unspecified atom stereocenters. The Labute approximate surface area is 119 Å². The first kappa shape index (κ1) is 13.3. The summed E-state index contributed by atoms with van der Waals surface area (Å²) in [4.78, 5) is 0. The molecule has 0 amide bonds. The summed E-state index contributed by atoms with van der Waals surface area (Å²) in [5.41, 5.74) is 2.19. The molecule has 0 aliphatic rings. The van der Waals surface area contributed by atoms with E-state index in [0.29, 0.717) is 0 Å². The first-order valence-electron chi connectivity index (χ1n) is 5.97. The summed E-state index contributed by atoms with van der Waals surface area (Å²) in [5, 5.41) is 0. The zero-order valence-corrected chi connectivity index (χ0v) is 11.0. The summed E-state index contributed by atoms with van der Waals surface area (Å²) in [7, 11) is 0. The predicted molar refractivity (Wildman–Crippen MR) is 74.0 cm³/mol. The molecule has 1 heterocycles. The largest absolute Gasteiger partial charge is 1.00 e. The second-order valence-corrected chi connectivity index (χ2v) is 4.09. The number of benzene rings is 2. The molecule has 1 aromatic heterocycles. The van der Waals surface area contributed by atoms with Crippen LogP contribution in [0.5, 0.6) is 0 Å². The zero-order chi connectivity index (χ0) is 12.2. The van der Waals surface area contributed by atoms with Gasteiger partial charge in [-0.1, -0.05) is 36.4 Å². The highest BCUT2D eigenvalue weighted by Gasteiger charge is 2.15. The van der Waals surface area contributed by atoms with Gasteiger partial charge in [0.25, 0.3) is 0 Å². The maximum Gasteiger partial charge on any atom is 0.360 e. The van der Waals surface area contributed by atoms with Crippen LogP contribution in [0.3, 0.4) is 0 Å². The Morgan fingerprint density at radius 3 is 1.32 bits per heavy atom. The van der Waals surface area contributed by atoms with Crippen molar-refractivity contribution in [2.24, 2.45) is 0 Å². The summed E-state index contributed by atoms with van der Waals surface area (Å²) < 4.78 is 5.95. The summed E-state index contributed by atoms with van der Waals surface area (Å²) >= 11 is 0. The number of hydrogen-bond donors (Lipinski definition) is 0. The molecule has 0 atom stereocenters. The molecule has 2 aromatic carbocycles. The predicted octanol–water partition coefficient (Wildman–Crippen LogP) is 1.90. The first-order chi connectivity index (χ1) is 8.93. The number of rotatable bonds is 2. The minimum Gasteiger partial charge on any atom is -1.00 e. The van der Waals surface area contributed by atoms with Crippen molar-refractivity contribution in [2.75, 3.05) is 0 Å². The Balaban J connectivity index is 0.00000133. The zero-order valence-electron chi connectivity index (χ0n) is 10.3. The quantitative estimate of drug-likeness (QED) is 0.646. The highest BCUT2D eigenvalue weighted by Crippen LogP contribution is 2.25. The van der Waals surface area contributed by atoms with Gasteiger partial charge in [-0.05, 0) is 30.3 Å². The van der Waals surface area contributed by atoms with Crippen LogP contribution in [0.25, 0.3) is 22.6 Å². The SMILES string of the molecule is [Cl-].c1ccc(-c2cccc(-c3ccccc3)[o+]2)cc1. The van der Waals surface area contributed by atoms with Gasteiger partial charge in [0.1, 0.15) is 0 Å². The van der Waals surface area contributed by atoms with Crippen molar-refractivity contribution in [3.8, 4) is 22.6 Å². The topological polar surface area (TPSA) is 11.3 Å². The van der Waals surface area contributed by atoms with E-state index in [1.54, 1.807) is 0 Å². The summed E-state index contributed by atoms with van der Waals surface area (Å²) in [6.07, 6.45) is 0. The molecule has 0 N–H and O–H groups in total. The smallest absolute Gasteiger partial charge is 0.360 e. The average Bonchev–Trinajstić information content (AvgIpc) is 2.49. The van der Waals surface area contributed by atoms with Crippen LogP contribution in [0, 0.1) is 0 Å². The molecule has 0 saturated heterocycles. The Hall–Kier alpha value is -2.12. The van der Waals surface area contributed by atoms with Gasteiger partial charge in [0.2, 0.25) is 0 Å². The third kappa shape index (κ3) is 3.01. The van der Waals surface area contributed by atoms with E-state index in [2.05, 4.69) is 0 Å². The van der Waals surface area contributed by atoms with Crippen molar-refractivity contribution in [1.29, 1.82) is 0 Å². The first-order valence-corrected chi connectivity index (χ1v) is 5.97. The van der Waals surface area contributed by atoms with Gasteiger partial charge in [0.05, 0.1) is 11.1 Å². The molecular weight excluding hydrogens is 256 g/mol. The van der Waals surface area contributed by atoms with Crippen LogP contribution in [-0.2, 0) is 0 Å². The normalized spacial score (nSPS) is 9.68. The van der Waals surface area contributed by atoms with E-state index in [9.17, 15) is 0 Å². The molecule has 0 aliphatic carbocycles. The van der Waals surface area contributed by atoms with Crippen molar-refractivity contribution in [2.45, 2.75) is 0 Å². The molecule has 3 rings (SSSR count). The van der Waals surface area contributed by atoms with Gasteiger partial charge in [-0.15, -0.1) is 0 Å². The summed E-state index contributed by atoms with van der Waals surface area (Å²) in [6, 6.07) is 26.3. The van der Waals surface area contributed by atoms with E-state index in [1.807, 2.05) is 78.9 Å². The Morgan fingerprint density at radius 1 is 0.474 bits per heavy atom. The van der Waals surface area contributed by atoms with Crippen molar-refractivity contribution >= 4 is 0 Å². The molecule has 19 heavy (non-hydrogen) atoms. The van der Waals surface area contributed by atoms with Gasteiger partial charge >= 0.3 is 11.5 Å². The lowest BCUT2D eigenvalue weighted by Crippen LogP contribution is -3.00. The molecule has 0 fully saturated rings. The van der Waals surface area contributed by atoms with Crippen LogP contribution in [0.15, 0.2) is 83.3 Å². The fourth-order valence-corrected chi connectivity index (χ4v) is 1.92. The maximum atomic E-state index is 5.95. The summed E-state index contributed by atoms with van der Waals surface area (Å²) in [6.45, 7) is 0. The van der Waals surface area contributed by atoms with Gasteiger partial charge in [0, 0.05) is 12.1 Å². The molecule has 0 bridgehead atoms. The molecule has 0 spiro atoms. The maximum absolute atomic E-state index is 5.95. The molecule has 2 heteroatoms. The fourth-order valence-electron chi connectivity index (χ4n) is 1.92. The lowest BCUT2D eigenvalue weighted by molar-refractivity contribution is -0.00000399. The summed E-state index contributed by atoms with van der Waals surface area (Å²) in [5.74, 6) is 1.77. The molecular formula is C17H13ClO. The second kappa shape index (κ2) is 6.17. The van der Waals surface area contributed by atoms with Crippen LogP contribution < -0.4 is 12.4 Å². The van der Waals surface area contributed by atoms with E-state index < -0.39 is 0 Å². The van der Waals surface area contributed by atoms with Crippen LogP contribution >= 0.6 is 0 Å². The minimum absolute atomic E-state index is 0. The van der Waals surface area contributed by atoms with Gasteiger partial charge < -0.3 is 12.4 Å². The van der Waals surface area contributed by atoms with E-state index in [0.717, 1.165) is 22.6 Å². The highest BCUT2D eigenvalue weighted by molar-refractivity contribution is 5.62. The van der Waals surface area contributed by atoms with Crippen LogP contribution in [0.1, 0.15) is 0 Å². The van der Waals surface area contributed by atoms with Gasteiger partial charge in [-0.25, -0.2) is 4.42 Å². The van der Waals surface area contributed by atoms with E-state index in [-0.39, 0.29) is 12.4 Å². The van der Waals surface area contributed by atoms with Crippen molar-refractivity contribution in [3.05, 3.63) is 78.9 Å². The lowest BCUT2D eigenvalue weighted by Gasteiger charge is -1.93. The fraction of sp³-hybridized carbons (Fsp3) is 0. The number of halogens is 1. The lowest BCUT2D eigenvalue weighted by atomic mass is 10.1. The Bertz CT molecular complexity index is 581. The standard InChI is InChI=1S/C17H13O.ClH/c1-3-8-14(9-4-1)16-12-7-13-17(18-16)15-10-5-2-6-11-15;/h1-13H;1H/q+1;/p-1. The number of hydrogen-bond acceptors (Lipinski definition) is 0. The van der Waals surface area contributed by atoms with E-state index in [4.69, 9.17) is 4.42 Å². The Morgan fingerprint density at radius 2 is 0.895 bits per heavy atom. The molecule has 3 aromatic rings. The van der Waals surface area contributed by atoms with Crippen molar-refractivity contribution in [3.63, 3.8) is 0 Å². The monoisotopic (exact) mass is 268 g/mol. The molecule has 0 aliphatic heterocycles. The Kier molecular flexibility index (Phi) is 4.32. The molecule has 0 saturated carbocycles. The highest BCUT2D eigenvalue weighted by atomic mass is 35.5. The van der Waals surface area contributed by atoms with Crippen molar-refractivity contribution < 1.29 is 16.8 Å². The molecule has 1 nitrogen and oxygen atoms in total. The van der Waals surface area contributed by atoms with Gasteiger partial charge in [-0.3, -0.25) is 0 Å². The van der Waals surface area contributed by atoms with Crippen LogP contribution in [0.4, 0.5) is 0 Å². The minimum atomic E-state index is 0. The molecule has 94 valence electrons. The van der Waals surface area contributed by atoms with E-state index in [1.165, 1.54) is 0 Å².